The minimum absolute atomic E-state index is 0.312. The molecule has 0 spiro atoms. The lowest BCUT2D eigenvalue weighted by Gasteiger charge is -2.09. The summed E-state index contributed by atoms with van der Waals surface area (Å²) >= 11 is 0. The average molecular weight is 471 g/mol. The molecule has 0 bridgehead atoms. The van der Waals surface area contributed by atoms with Crippen LogP contribution in [0, 0.1) is 0 Å². The predicted molar refractivity (Wildman–Crippen MR) is 148 cm³/mol. The lowest BCUT2D eigenvalue weighted by molar-refractivity contribution is 0.474. The Labute approximate surface area is 213 Å². The smallest absolute Gasteiger partial charge is 0.115 e. The number of aryl methyl sites for hydroxylation is 4. The van der Waals surface area contributed by atoms with Gasteiger partial charge in [0.2, 0.25) is 0 Å². The molecule has 0 atom stereocenters. The first-order valence-electron chi connectivity index (χ1n) is 12.5. The Kier molecular flexibility index (Phi) is 7.14. The molecule has 0 aliphatic rings. The van der Waals surface area contributed by atoms with E-state index >= 15 is 0 Å². The van der Waals surface area contributed by atoms with Crippen molar-refractivity contribution in [2.75, 3.05) is 0 Å². The molecule has 5 aromatic carbocycles. The summed E-state index contributed by atoms with van der Waals surface area (Å²) in [5, 5.41) is 18.9. The second-order valence-corrected chi connectivity index (χ2v) is 9.31. The highest BCUT2D eigenvalue weighted by molar-refractivity contribution is 5.73. The van der Waals surface area contributed by atoms with Crippen LogP contribution >= 0.6 is 0 Å². The Bertz CT molecular complexity index is 1290. The van der Waals surface area contributed by atoms with Gasteiger partial charge < -0.3 is 10.2 Å². The molecule has 178 valence electrons. The summed E-state index contributed by atoms with van der Waals surface area (Å²) in [5.41, 5.74) is 9.96. The molecular formula is C34H30O2. The van der Waals surface area contributed by atoms with Crippen LogP contribution in [-0.4, -0.2) is 10.2 Å². The van der Waals surface area contributed by atoms with E-state index < -0.39 is 0 Å². The Morgan fingerprint density at radius 2 is 0.639 bits per heavy atom. The summed E-state index contributed by atoms with van der Waals surface area (Å²) in [6.07, 6.45) is 3.87. The Morgan fingerprint density at radius 1 is 0.333 bits per heavy atom. The summed E-state index contributed by atoms with van der Waals surface area (Å²) in [6.45, 7) is 0. The molecule has 0 saturated carbocycles. The zero-order valence-electron chi connectivity index (χ0n) is 20.3. The number of phenolic OH excluding ortho intramolecular Hbond substituents is 2. The van der Waals surface area contributed by atoms with Crippen molar-refractivity contribution >= 4 is 0 Å². The third-order valence-corrected chi connectivity index (χ3v) is 6.71. The maximum absolute atomic E-state index is 9.45. The first-order chi connectivity index (χ1) is 17.6. The summed E-state index contributed by atoms with van der Waals surface area (Å²) < 4.78 is 0. The van der Waals surface area contributed by atoms with E-state index in [9.17, 15) is 10.2 Å². The summed E-state index contributed by atoms with van der Waals surface area (Å²) in [6, 6.07) is 41.3. The number of phenols is 2. The number of aromatic hydroxyl groups is 2. The molecule has 0 fully saturated rings. The standard InChI is InChI=1S/C34H30O2/c35-33-20-12-27(13-21-33)6-4-25-8-16-29(17-9-25)31-2-1-3-32(24-31)30-18-10-26(11-19-30)5-7-28-14-22-34(36)23-15-28/h1-3,8-24,35-36H,4-7H2. The number of rotatable bonds is 8. The molecular weight excluding hydrogens is 440 g/mol. The lowest BCUT2D eigenvalue weighted by atomic mass is 9.96. The van der Waals surface area contributed by atoms with Gasteiger partial charge in [0.15, 0.2) is 0 Å². The summed E-state index contributed by atoms with van der Waals surface area (Å²) in [7, 11) is 0. The predicted octanol–water partition coefficient (Wildman–Crippen LogP) is 8.00. The quantitative estimate of drug-likeness (QED) is 0.241. The van der Waals surface area contributed by atoms with Gasteiger partial charge in [0.25, 0.3) is 0 Å². The van der Waals surface area contributed by atoms with Gasteiger partial charge in [0.05, 0.1) is 0 Å². The number of benzene rings is 5. The van der Waals surface area contributed by atoms with Gasteiger partial charge in [-0.1, -0.05) is 91.0 Å². The van der Waals surface area contributed by atoms with E-state index in [4.69, 9.17) is 0 Å². The molecule has 0 aromatic heterocycles. The zero-order valence-corrected chi connectivity index (χ0v) is 20.3. The van der Waals surface area contributed by atoms with E-state index in [1.165, 1.54) is 44.5 Å². The van der Waals surface area contributed by atoms with Crippen LogP contribution in [0.2, 0.25) is 0 Å². The monoisotopic (exact) mass is 470 g/mol. The van der Waals surface area contributed by atoms with Gasteiger partial charge in [0.1, 0.15) is 11.5 Å². The molecule has 36 heavy (non-hydrogen) atoms. The second-order valence-electron chi connectivity index (χ2n) is 9.31. The fraction of sp³-hybridized carbons (Fsp3) is 0.118. The largest absolute Gasteiger partial charge is 0.508 e. The van der Waals surface area contributed by atoms with Crippen molar-refractivity contribution in [3.63, 3.8) is 0 Å². The molecule has 5 rings (SSSR count). The van der Waals surface area contributed by atoms with E-state index in [1.807, 2.05) is 24.3 Å². The van der Waals surface area contributed by atoms with E-state index in [1.54, 1.807) is 24.3 Å². The van der Waals surface area contributed by atoms with Gasteiger partial charge in [-0.2, -0.15) is 0 Å². The van der Waals surface area contributed by atoms with E-state index in [2.05, 4.69) is 72.8 Å². The molecule has 0 aliphatic carbocycles. The van der Waals surface area contributed by atoms with Gasteiger partial charge in [-0.05, 0) is 101 Å². The van der Waals surface area contributed by atoms with Crippen molar-refractivity contribution in [3.05, 3.63) is 144 Å². The molecule has 0 radical (unpaired) electrons. The molecule has 0 saturated heterocycles. The van der Waals surface area contributed by atoms with Crippen LogP contribution in [0.5, 0.6) is 11.5 Å². The van der Waals surface area contributed by atoms with Gasteiger partial charge in [0, 0.05) is 0 Å². The maximum atomic E-state index is 9.45. The first kappa shape index (κ1) is 23.4. The highest BCUT2D eigenvalue weighted by Gasteiger charge is 2.04. The van der Waals surface area contributed by atoms with Crippen LogP contribution in [0.25, 0.3) is 22.3 Å². The summed E-state index contributed by atoms with van der Waals surface area (Å²) in [5.74, 6) is 0.624. The van der Waals surface area contributed by atoms with E-state index in [0.29, 0.717) is 11.5 Å². The van der Waals surface area contributed by atoms with Crippen molar-refractivity contribution in [2.45, 2.75) is 25.7 Å². The average Bonchev–Trinajstić information content (AvgIpc) is 2.93. The maximum Gasteiger partial charge on any atom is 0.115 e. The number of hydrogen-bond acceptors (Lipinski definition) is 2. The fourth-order valence-electron chi connectivity index (χ4n) is 4.51. The second kappa shape index (κ2) is 11.0. The fourth-order valence-corrected chi connectivity index (χ4v) is 4.51. The van der Waals surface area contributed by atoms with Crippen LogP contribution in [0.1, 0.15) is 22.3 Å². The van der Waals surface area contributed by atoms with Crippen LogP contribution in [-0.2, 0) is 25.7 Å². The molecule has 5 aromatic rings. The first-order valence-corrected chi connectivity index (χ1v) is 12.5. The van der Waals surface area contributed by atoms with Gasteiger partial charge in [-0.15, -0.1) is 0 Å². The minimum atomic E-state index is 0.312. The van der Waals surface area contributed by atoms with E-state index in [-0.39, 0.29) is 0 Å². The highest BCUT2D eigenvalue weighted by atomic mass is 16.3. The van der Waals surface area contributed by atoms with Gasteiger partial charge in [-0.3, -0.25) is 0 Å². The minimum Gasteiger partial charge on any atom is -0.508 e. The molecule has 0 aliphatic heterocycles. The highest BCUT2D eigenvalue weighted by Crippen LogP contribution is 2.27. The zero-order chi connectivity index (χ0) is 24.7. The Balaban J connectivity index is 1.22. The molecule has 2 nitrogen and oxygen atoms in total. The van der Waals surface area contributed by atoms with Crippen LogP contribution in [0.3, 0.4) is 0 Å². The van der Waals surface area contributed by atoms with Crippen molar-refractivity contribution in [1.82, 2.24) is 0 Å². The van der Waals surface area contributed by atoms with Crippen LogP contribution in [0.15, 0.2) is 121 Å². The van der Waals surface area contributed by atoms with E-state index in [0.717, 1.165) is 25.7 Å². The SMILES string of the molecule is Oc1ccc(CCc2ccc(-c3cccc(-c4ccc(CCc5ccc(O)cc5)cc4)c3)cc2)cc1. The van der Waals surface area contributed by atoms with Crippen molar-refractivity contribution in [1.29, 1.82) is 0 Å². The lowest BCUT2D eigenvalue weighted by Crippen LogP contribution is -1.91. The third kappa shape index (κ3) is 6.03. The molecule has 0 unspecified atom stereocenters. The molecule has 0 amide bonds. The topological polar surface area (TPSA) is 40.5 Å². The summed E-state index contributed by atoms with van der Waals surface area (Å²) in [4.78, 5) is 0. The van der Waals surface area contributed by atoms with Gasteiger partial charge in [-0.25, -0.2) is 0 Å². The molecule has 2 heteroatoms. The Morgan fingerprint density at radius 3 is 0.972 bits per heavy atom. The van der Waals surface area contributed by atoms with Crippen LogP contribution < -0.4 is 0 Å². The Hall–Kier alpha value is -4.30. The van der Waals surface area contributed by atoms with Crippen molar-refractivity contribution < 1.29 is 10.2 Å². The van der Waals surface area contributed by atoms with Gasteiger partial charge >= 0.3 is 0 Å². The van der Waals surface area contributed by atoms with Crippen molar-refractivity contribution in [2.24, 2.45) is 0 Å². The van der Waals surface area contributed by atoms with Crippen molar-refractivity contribution in [3.8, 4) is 33.8 Å². The van der Waals surface area contributed by atoms with Crippen LogP contribution in [0.4, 0.5) is 0 Å². The molecule has 2 N–H and O–H groups in total. The normalized spacial score (nSPS) is 10.9. The molecule has 0 heterocycles. The third-order valence-electron chi connectivity index (χ3n) is 6.71. The number of hydrogen-bond donors (Lipinski definition) is 2.